The van der Waals surface area contributed by atoms with Crippen molar-refractivity contribution in [1.29, 1.82) is 0 Å². The van der Waals surface area contributed by atoms with E-state index in [4.69, 9.17) is 14.2 Å². The van der Waals surface area contributed by atoms with Gasteiger partial charge in [-0.1, -0.05) is 0 Å². The number of rotatable bonds is 6. The topological polar surface area (TPSA) is 92.9 Å². The molecule has 3 aromatic rings. The van der Waals surface area contributed by atoms with Crippen LogP contribution in [0.2, 0.25) is 0 Å². The van der Waals surface area contributed by atoms with Crippen molar-refractivity contribution in [2.75, 3.05) is 38.2 Å². The van der Waals surface area contributed by atoms with Gasteiger partial charge in [-0.15, -0.1) is 0 Å². The zero-order valence-electron chi connectivity index (χ0n) is 18.0. The molecule has 10 heteroatoms. The number of benzene rings is 2. The van der Waals surface area contributed by atoms with Crippen LogP contribution in [0, 0.1) is 0 Å². The Kier molecular flexibility index (Phi) is 7.69. The first-order valence-electron chi connectivity index (χ1n) is 10.5. The van der Waals surface area contributed by atoms with Crippen LogP contribution in [0.5, 0.6) is 11.5 Å². The molecule has 2 aromatic carbocycles. The van der Waals surface area contributed by atoms with Crippen molar-refractivity contribution in [2.24, 2.45) is 0 Å². The van der Waals surface area contributed by atoms with E-state index in [-0.39, 0.29) is 6.61 Å². The van der Waals surface area contributed by atoms with Crippen molar-refractivity contribution in [1.82, 2.24) is 9.88 Å². The minimum Gasteiger partial charge on any atom is -0.459 e. The Hall–Kier alpha value is -2.40. The number of aromatic nitrogens is 1. The third kappa shape index (κ3) is 5.75. The van der Waals surface area contributed by atoms with Gasteiger partial charge in [0, 0.05) is 42.4 Å². The smallest absolute Gasteiger partial charge is 0.397 e. The molecule has 2 N–H and O–H groups in total. The van der Waals surface area contributed by atoms with Crippen molar-refractivity contribution >= 4 is 60.3 Å². The molecular weight excluding hydrogens is 558 g/mol. The molecule has 1 amide bonds. The van der Waals surface area contributed by atoms with E-state index in [9.17, 15) is 9.59 Å². The first-order chi connectivity index (χ1) is 15.9. The number of amides is 1. The zero-order valence-corrected chi connectivity index (χ0v) is 21.1. The molecule has 2 heterocycles. The van der Waals surface area contributed by atoms with Gasteiger partial charge in [0.2, 0.25) is 0 Å². The third-order valence-electron chi connectivity index (χ3n) is 5.17. The van der Waals surface area contributed by atoms with Crippen LogP contribution < -0.4 is 10.1 Å². The number of carbonyl (C=O) groups is 2. The number of nitrogens with zero attached hydrogens (tertiary/aromatic N) is 1. The molecule has 0 atom stereocenters. The quantitative estimate of drug-likeness (QED) is 0.321. The standard InChI is InChI=1S/C23H23Br2N3O5/c1-2-32-23(30)22(29)27-15-9-18(24)21(19(25)10-15)33-16-3-4-20-17(11-16)14(12-26-20)13-28-5-7-31-8-6-28/h3-4,9-12,26H,2,5-8,13H2,1H3,(H,27,29). The summed E-state index contributed by atoms with van der Waals surface area (Å²) in [5.74, 6) is -0.545. The van der Waals surface area contributed by atoms with Crippen molar-refractivity contribution in [3.8, 4) is 11.5 Å². The van der Waals surface area contributed by atoms with Gasteiger partial charge in [0.15, 0.2) is 5.75 Å². The van der Waals surface area contributed by atoms with Gasteiger partial charge < -0.3 is 24.5 Å². The lowest BCUT2D eigenvalue weighted by molar-refractivity contribution is -0.152. The maximum atomic E-state index is 11.9. The molecule has 1 saturated heterocycles. The summed E-state index contributed by atoms with van der Waals surface area (Å²) in [6, 6.07) is 9.22. The fourth-order valence-corrected chi connectivity index (χ4v) is 4.93. The Morgan fingerprint density at radius 1 is 1.15 bits per heavy atom. The Morgan fingerprint density at radius 2 is 1.88 bits per heavy atom. The Balaban J connectivity index is 1.52. The van der Waals surface area contributed by atoms with Crippen LogP contribution in [0.15, 0.2) is 45.5 Å². The predicted molar refractivity (Wildman–Crippen MR) is 132 cm³/mol. The van der Waals surface area contributed by atoms with E-state index in [1.807, 2.05) is 24.4 Å². The lowest BCUT2D eigenvalue weighted by Crippen LogP contribution is -2.35. The molecule has 1 aliphatic rings. The highest BCUT2D eigenvalue weighted by molar-refractivity contribution is 9.11. The van der Waals surface area contributed by atoms with Crippen LogP contribution in [-0.2, 0) is 25.6 Å². The lowest BCUT2D eigenvalue weighted by Gasteiger charge is -2.26. The summed E-state index contributed by atoms with van der Waals surface area (Å²) in [5, 5.41) is 3.62. The average molecular weight is 581 g/mol. The first kappa shape index (κ1) is 23.7. The number of hydrogen-bond donors (Lipinski definition) is 2. The van der Waals surface area contributed by atoms with Crippen LogP contribution in [0.25, 0.3) is 10.9 Å². The normalized spacial score (nSPS) is 14.3. The maximum absolute atomic E-state index is 11.9. The molecular formula is C23H23Br2N3O5. The average Bonchev–Trinajstić information content (AvgIpc) is 3.19. The molecule has 4 rings (SSSR count). The molecule has 0 radical (unpaired) electrons. The van der Waals surface area contributed by atoms with Crippen LogP contribution in [0.3, 0.4) is 0 Å². The number of nitrogens with one attached hydrogen (secondary N) is 2. The number of H-pyrrole nitrogens is 1. The number of fused-ring (bicyclic) bond motifs is 1. The number of halogens is 2. The molecule has 0 spiro atoms. The Bertz CT molecular complexity index is 1150. The SMILES string of the molecule is CCOC(=O)C(=O)Nc1cc(Br)c(Oc2ccc3[nH]cc(CN4CCOCC4)c3c2)c(Br)c1. The molecule has 174 valence electrons. The van der Waals surface area contributed by atoms with Gasteiger partial charge in [0.1, 0.15) is 5.75 Å². The molecule has 0 bridgehead atoms. The second-order valence-electron chi connectivity index (χ2n) is 7.46. The predicted octanol–water partition coefficient (Wildman–Crippen LogP) is 4.82. The van der Waals surface area contributed by atoms with Crippen molar-refractivity contribution in [3.05, 3.63) is 51.0 Å². The van der Waals surface area contributed by atoms with Gasteiger partial charge >= 0.3 is 11.9 Å². The summed E-state index contributed by atoms with van der Waals surface area (Å²) in [6.45, 7) is 5.97. The van der Waals surface area contributed by atoms with Gasteiger partial charge in [-0.2, -0.15) is 0 Å². The number of anilines is 1. The number of carbonyl (C=O) groups excluding carboxylic acids is 2. The second kappa shape index (κ2) is 10.7. The molecule has 33 heavy (non-hydrogen) atoms. The molecule has 1 fully saturated rings. The summed E-state index contributed by atoms with van der Waals surface area (Å²) in [4.78, 5) is 29.2. The number of aromatic amines is 1. The highest BCUT2D eigenvalue weighted by atomic mass is 79.9. The van der Waals surface area contributed by atoms with Gasteiger partial charge in [-0.25, -0.2) is 4.79 Å². The molecule has 1 aliphatic heterocycles. The minimum atomic E-state index is -0.933. The number of morpholine rings is 1. The van der Waals surface area contributed by atoms with Gasteiger partial charge in [0.05, 0.1) is 28.8 Å². The van der Waals surface area contributed by atoms with Crippen LogP contribution in [-0.4, -0.2) is 54.7 Å². The van der Waals surface area contributed by atoms with E-state index in [1.54, 1.807) is 19.1 Å². The van der Waals surface area contributed by atoms with Crippen LogP contribution in [0.1, 0.15) is 12.5 Å². The van der Waals surface area contributed by atoms with Gasteiger partial charge in [0.25, 0.3) is 0 Å². The highest BCUT2D eigenvalue weighted by Crippen LogP contribution is 2.40. The van der Waals surface area contributed by atoms with Crippen molar-refractivity contribution in [3.63, 3.8) is 0 Å². The van der Waals surface area contributed by atoms with E-state index in [2.05, 4.69) is 47.1 Å². The fraction of sp³-hybridized carbons (Fsp3) is 0.304. The monoisotopic (exact) mass is 579 g/mol. The van der Waals surface area contributed by atoms with E-state index < -0.39 is 11.9 Å². The lowest BCUT2D eigenvalue weighted by atomic mass is 10.1. The van der Waals surface area contributed by atoms with Gasteiger partial charge in [-0.05, 0) is 74.7 Å². The number of esters is 1. The third-order valence-corrected chi connectivity index (χ3v) is 6.35. The Morgan fingerprint density at radius 3 is 2.58 bits per heavy atom. The maximum Gasteiger partial charge on any atom is 0.397 e. The molecule has 8 nitrogen and oxygen atoms in total. The van der Waals surface area contributed by atoms with E-state index in [0.717, 1.165) is 43.8 Å². The van der Waals surface area contributed by atoms with Crippen LogP contribution in [0.4, 0.5) is 5.69 Å². The van der Waals surface area contributed by atoms with Gasteiger partial charge in [-0.3, -0.25) is 9.69 Å². The summed E-state index contributed by atoms with van der Waals surface area (Å²) in [7, 11) is 0. The van der Waals surface area contributed by atoms with E-state index >= 15 is 0 Å². The van der Waals surface area contributed by atoms with Crippen LogP contribution >= 0.6 is 31.9 Å². The first-order valence-corrected chi connectivity index (χ1v) is 12.1. The van der Waals surface area contributed by atoms with E-state index in [1.165, 1.54) is 5.56 Å². The van der Waals surface area contributed by atoms with Crippen molar-refractivity contribution < 1.29 is 23.8 Å². The Labute approximate surface area is 207 Å². The van der Waals surface area contributed by atoms with Crippen molar-refractivity contribution in [2.45, 2.75) is 13.5 Å². The molecule has 0 unspecified atom stereocenters. The van der Waals surface area contributed by atoms with E-state index in [0.29, 0.717) is 26.1 Å². The number of ether oxygens (including phenoxy) is 3. The number of hydrogen-bond acceptors (Lipinski definition) is 6. The zero-order chi connectivity index (χ0) is 23.4. The largest absolute Gasteiger partial charge is 0.459 e. The second-order valence-corrected chi connectivity index (χ2v) is 9.16. The molecule has 1 aromatic heterocycles. The summed E-state index contributed by atoms with van der Waals surface area (Å²) in [5.41, 5.74) is 2.67. The highest BCUT2D eigenvalue weighted by Gasteiger charge is 2.18. The molecule has 0 saturated carbocycles. The molecule has 0 aliphatic carbocycles. The minimum absolute atomic E-state index is 0.131. The summed E-state index contributed by atoms with van der Waals surface area (Å²) < 4.78 is 17.5. The summed E-state index contributed by atoms with van der Waals surface area (Å²) >= 11 is 6.98. The summed E-state index contributed by atoms with van der Waals surface area (Å²) in [6.07, 6.45) is 2.04. The fourth-order valence-electron chi connectivity index (χ4n) is 3.58.